The van der Waals surface area contributed by atoms with E-state index >= 15 is 0 Å². The van der Waals surface area contributed by atoms with Gasteiger partial charge in [0.05, 0.1) is 6.04 Å². The fourth-order valence-electron chi connectivity index (χ4n) is 1.47. The van der Waals surface area contributed by atoms with E-state index in [4.69, 9.17) is 16.9 Å². The van der Waals surface area contributed by atoms with Crippen LogP contribution in [0.5, 0.6) is 0 Å². The van der Waals surface area contributed by atoms with Crippen LogP contribution in [0.3, 0.4) is 0 Å². The summed E-state index contributed by atoms with van der Waals surface area (Å²) in [4.78, 5) is 5.75. The van der Waals surface area contributed by atoms with Gasteiger partial charge in [-0.15, -0.1) is 4.99 Å². The van der Waals surface area contributed by atoms with E-state index in [1.165, 1.54) is 11.8 Å². The Balaban J connectivity index is 2.94. The number of nitriles is 1. The van der Waals surface area contributed by atoms with Gasteiger partial charge in [0, 0.05) is 12.1 Å². The van der Waals surface area contributed by atoms with Crippen molar-refractivity contribution in [2.75, 3.05) is 13.3 Å². The fourth-order valence-corrected chi connectivity index (χ4v) is 2.24. The molecule has 0 aromatic heterocycles. The summed E-state index contributed by atoms with van der Waals surface area (Å²) in [5.41, 5.74) is 1.10. The number of rotatable bonds is 2. The number of aliphatic imine (C=N–C) groups is 1. The molecule has 5 heteroatoms. The third-order valence-electron chi connectivity index (χ3n) is 2.54. The molecule has 1 atom stereocenters. The monoisotopic (exact) mass is 267 g/mol. The predicted molar refractivity (Wildman–Crippen MR) is 74.2 cm³/mol. The van der Waals surface area contributed by atoms with Crippen molar-refractivity contribution in [1.82, 2.24) is 4.90 Å². The van der Waals surface area contributed by atoms with E-state index in [-0.39, 0.29) is 6.04 Å². The molecule has 1 aromatic rings. The minimum atomic E-state index is 0.119. The van der Waals surface area contributed by atoms with E-state index in [1.807, 2.05) is 48.7 Å². The molecule has 0 aliphatic rings. The Hall–Kier alpha value is -1.18. The van der Waals surface area contributed by atoms with Crippen LogP contribution in [0.25, 0.3) is 0 Å². The van der Waals surface area contributed by atoms with E-state index in [9.17, 15) is 0 Å². The molecule has 0 bridgehead atoms. The molecule has 0 aliphatic heterocycles. The van der Waals surface area contributed by atoms with Crippen molar-refractivity contribution in [3.05, 3.63) is 34.9 Å². The number of nitrogens with zero attached hydrogens (tertiary/aromatic N) is 3. The van der Waals surface area contributed by atoms with Crippen molar-refractivity contribution in [3.8, 4) is 6.19 Å². The van der Waals surface area contributed by atoms with Crippen LogP contribution in [0.1, 0.15) is 18.5 Å². The van der Waals surface area contributed by atoms with Crippen molar-refractivity contribution in [2.24, 2.45) is 4.99 Å². The van der Waals surface area contributed by atoms with E-state index < -0.39 is 0 Å². The minimum absolute atomic E-state index is 0.119. The lowest BCUT2D eigenvalue weighted by Gasteiger charge is -2.26. The lowest BCUT2D eigenvalue weighted by atomic mass is 10.1. The summed E-state index contributed by atoms with van der Waals surface area (Å²) in [5, 5.41) is 10.0. The summed E-state index contributed by atoms with van der Waals surface area (Å²) >= 11 is 7.41. The molecule has 1 unspecified atom stereocenters. The third kappa shape index (κ3) is 3.65. The Labute approximate surface area is 111 Å². The maximum absolute atomic E-state index is 8.61. The zero-order valence-electron chi connectivity index (χ0n) is 10.0. The van der Waals surface area contributed by atoms with Crippen LogP contribution in [0, 0.1) is 11.5 Å². The quantitative estimate of drug-likeness (QED) is 0.467. The van der Waals surface area contributed by atoms with Gasteiger partial charge in [-0.05, 0) is 30.9 Å². The van der Waals surface area contributed by atoms with Gasteiger partial charge < -0.3 is 4.90 Å². The second-order valence-corrected chi connectivity index (χ2v) is 4.75. The van der Waals surface area contributed by atoms with Crippen molar-refractivity contribution in [1.29, 1.82) is 5.26 Å². The predicted octanol–water partition coefficient (Wildman–Crippen LogP) is 3.53. The zero-order chi connectivity index (χ0) is 12.8. The maximum Gasteiger partial charge on any atom is 0.208 e. The molecule has 0 saturated carbocycles. The molecule has 0 spiro atoms. The van der Waals surface area contributed by atoms with E-state index in [2.05, 4.69) is 11.9 Å². The van der Waals surface area contributed by atoms with Crippen molar-refractivity contribution >= 4 is 28.5 Å². The van der Waals surface area contributed by atoms with Gasteiger partial charge in [0.25, 0.3) is 0 Å². The number of halogens is 1. The Morgan fingerprint density at radius 2 is 2.29 bits per heavy atom. The van der Waals surface area contributed by atoms with Crippen LogP contribution in [-0.4, -0.2) is 23.4 Å². The molecule has 1 aromatic carbocycles. The highest BCUT2D eigenvalue weighted by Gasteiger charge is 2.15. The number of hydrogen-bond acceptors (Lipinski definition) is 3. The van der Waals surface area contributed by atoms with Crippen LogP contribution in [0.4, 0.5) is 0 Å². The fraction of sp³-hybridized carbons (Fsp3) is 0.333. The molecular weight excluding hydrogens is 254 g/mol. The van der Waals surface area contributed by atoms with E-state index in [0.717, 1.165) is 5.56 Å². The lowest BCUT2D eigenvalue weighted by molar-refractivity contribution is 0.410. The van der Waals surface area contributed by atoms with Gasteiger partial charge in [0.1, 0.15) is 0 Å². The Kier molecular flexibility index (Phi) is 5.33. The number of benzene rings is 1. The molecule has 0 aliphatic carbocycles. The molecule has 0 heterocycles. The number of thioether (sulfide) groups is 1. The molecule has 17 heavy (non-hydrogen) atoms. The van der Waals surface area contributed by atoms with Gasteiger partial charge in [0.2, 0.25) is 6.19 Å². The lowest BCUT2D eigenvalue weighted by Crippen LogP contribution is -2.27. The summed E-state index contributed by atoms with van der Waals surface area (Å²) in [6, 6.07) is 7.82. The average Bonchev–Trinajstić information content (AvgIpc) is 2.34. The number of hydrogen-bond donors (Lipinski definition) is 0. The first-order chi connectivity index (χ1) is 8.10. The summed E-state index contributed by atoms with van der Waals surface area (Å²) in [5.74, 6) is 0. The van der Waals surface area contributed by atoms with Crippen molar-refractivity contribution in [2.45, 2.75) is 13.0 Å². The first-order valence-electron chi connectivity index (χ1n) is 5.09. The number of amidine groups is 1. The molecule has 0 amide bonds. The largest absolute Gasteiger partial charge is 0.347 e. The zero-order valence-corrected chi connectivity index (χ0v) is 11.6. The molecule has 0 radical (unpaired) electrons. The Morgan fingerprint density at radius 3 is 2.82 bits per heavy atom. The summed E-state index contributed by atoms with van der Waals surface area (Å²) in [6.45, 7) is 2.05. The van der Waals surface area contributed by atoms with Gasteiger partial charge in [-0.3, -0.25) is 0 Å². The van der Waals surface area contributed by atoms with Gasteiger partial charge >= 0.3 is 0 Å². The molecular formula is C12H14ClN3S. The molecule has 0 saturated heterocycles. The maximum atomic E-state index is 8.61. The molecule has 90 valence electrons. The third-order valence-corrected chi connectivity index (χ3v) is 3.52. The Morgan fingerprint density at radius 1 is 1.59 bits per heavy atom. The Bertz CT molecular complexity index is 453. The minimum Gasteiger partial charge on any atom is -0.347 e. The van der Waals surface area contributed by atoms with Crippen molar-refractivity contribution < 1.29 is 0 Å². The van der Waals surface area contributed by atoms with E-state index in [1.54, 1.807) is 0 Å². The average molecular weight is 268 g/mol. The first kappa shape index (κ1) is 13.9. The van der Waals surface area contributed by atoms with Crippen molar-refractivity contribution in [3.63, 3.8) is 0 Å². The van der Waals surface area contributed by atoms with Gasteiger partial charge in [-0.2, -0.15) is 5.26 Å². The molecule has 0 N–H and O–H groups in total. The molecule has 1 rings (SSSR count). The second kappa shape index (κ2) is 6.53. The van der Waals surface area contributed by atoms with Crippen LogP contribution < -0.4 is 0 Å². The molecule has 3 nitrogen and oxygen atoms in total. The standard InChI is InChI=1S/C12H14ClN3S/c1-9(10-5-4-6-11(13)7-10)16(2)12(17-3)15-8-14/h4-7,9H,1-3H3. The first-order valence-corrected chi connectivity index (χ1v) is 6.69. The van der Waals surface area contributed by atoms with Crippen LogP contribution in [0.2, 0.25) is 5.02 Å². The van der Waals surface area contributed by atoms with Gasteiger partial charge in [0.15, 0.2) is 5.17 Å². The van der Waals surface area contributed by atoms with Gasteiger partial charge in [-0.1, -0.05) is 35.5 Å². The summed E-state index contributed by atoms with van der Waals surface area (Å²) in [6.07, 6.45) is 3.72. The SMILES string of the molecule is CSC(=NC#N)N(C)C(C)c1cccc(Cl)c1. The highest BCUT2D eigenvalue weighted by atomic mass is 35.5. The molecule has 0 fully saturated rings. The normalized spacial score (nSPS) is 13.0. The second-order valence-electron chi connectivity index (χ2n) is 3.54. The van der Waals surface area contributed by atoms with Gasteiger partial charge in [-0.25, -0.2) is 0 Å². The summed E-state index contributed by atoms with van der Waals surface area (Å²) < 4.78 is 0. The van der Waals surface area contributed by atoms with Crippen LogP contribution in [-0.2, 0) is 0 Å². The van der Waals surface area contributed by atoms with Crippen LogP contribution in [0.15, 0.2) is 29.3 Å². The topological polar surface area (TPSA) is 39.4 Å². The summed E-state index contributed by atoms with van der Waals surface area (Å²) in [7, 11) is 1.91. The van der Waals surface area contributed by atoms with E-state index in [0.29, 0.717) is 10.2 Å². The van der Waals surface area contributed by atoms with Crippen LogP contribution >= 0.6 is 23.4 Å². The highest BCUT2D eigenvalue weighted by Crippen LogP contribution is 2.23. The highest BCUT2D eigenvalue weighted by molar-refractivity contribution is 8.13. The smallest absolute Gasteiger partial charge is 0.208 e.